The molecule has 4 rings (SSSR count). The van der Waals surface area contributed by atoms with Gasteiger partial charge in [0, 0.05) is 36.1 Å². The maximum absolute atomic E-state index is 12.7. The van der Waals surface area contributed by atoms with Gasteiger partial charge in [0.1, 0.15) is 0 Å². The summed E-state index contributed by atoms with van der Waals surface area (Å²) in [6, 6.07) is 3.85. The standard InChI is InChI=1S/C19H25N7O/c1-4-25-13(2)15(12-21-25)17-5-8-20-18-11-16(23-26(17)18)19(27)22-14-6-9-24(3)10-7-14/h5,8,11-12,14H,4,6-7,9-10H2,1-3H3,(H,22,27). The van der Waals surface area contributed by atoms with Crippen molar-refractivity contribution in [3.8, 4) is 11.3 Å². The highest BCUT2D eigenvalue weighted by Crippen LogP contribution is 2.23. The zero-order valence-corrected chi connectivity index (χ0v) is 16.0. The molecule has 8 nitrogen and oxygen atoms in total. The lowest BCUT2D eigenvalue weighted by Gasteiger charge is -2.29. The molecule has 0 radical (unpaired) electrons. The molecular weight excluding hydrogens is 342 g/mol. The van der Waals surface area contributed by atoms with E-state index in [1.807, 2.05) is 23.9 Å². The Morgan fingerprint density at radius 2 is 2.11 bits per heavy atom. The highest BCUT2D eigenvalue weighted by Gasteiger charge is 2.21. The Balaban J connectivity index is 1.62. The van der Waals surface area contributed by atoms with Crippen molar-refractivity contribution < 1.29 is 4.79 Å². The molecule has 8 heteroatoms. The van der Waals surface area contributed by atoms with E-state index in [1.54, 1.807) is 16.8 Å². The summed E-state index contributed by atoms with van der Waals surface area (Å²) in [4.78, 5) is 19.3. The van der Waals surface area contributed by atoms with Crippen LogP contribution in [0, 0.1) is 6.92 Å². The third kappa shape index (κ3) is 3.32. The van der Waals surface area contributed by atoms with Gasteiger partial charge in [-0.1, -0.05) is 0 Å². The van der Waals surface area contributed by atoms with Crippen molar-refractivity contribution in [2.75, 3.05) is 20.1 Å². The SMILES string of the molecule is CCn1ncc(-c2ccnc3cc(C(=O)NC4CCN(C)CC4)nn23)c1C. The van der Waals surface area contributed by atoms with E-state index < -0.39 is 0 Å². The summed E-state index contributed by atoms with van der Waals surface area (Å²) in [5.74, 6) is -0.137. The molecule has 0 aliphatic carbocycles. The van der Waals surface area contributed by atoms with Gasteiger partial charge in [-0.2, -0.15) is 10.2 Å². The van der Waals surface area contributed by atoms with E-state index in [0.29, 0.717) is 11.3 Å². The van der Waals surface area contributed by atoms with Gasteiger partial charge in [0.05, 0.1) is 11.9 Å². The predicted octanol–water partition coefficient (Wildman–Crippen LogP) is 1.75. The molecule has 1 N–H and O–H groups in total. The van der Waals surface area contributed by atoms with Crippen LogP contribution in [0.5, 0.6) is 0 Å². The van der Waals surface area contributed by atoms with Crippen molar-refractivity contribution >= 4 is 11.6 Å². The van der Waals surface area contributed by atoms with Crippen molar-refractivity contribution in [3.05, 3.63) is 35.9 Å². The third-order valence-corrected chi connectivity index (χ3v) is 5.32. The van der Waals surface area contributed by atoms with Crippen molar-refractivity contribution in [2.24, 2.45) is 0 Å². The molecule has 0 spiro atoms. The number of piperidine rings is 1. The van der Waals surface area contributed by atoms with Gasteiger partial charge in [0.25, 0.3) is 5.91 Å². The minimum Gasteiger partial charge on any atom is -0.348 e. The van der Waals surface area contributed by atoms with E-state index in [-0.39, 0.29) is 11.9 Å². The first-order chi connectivity index (χ1) is 13.1. The summed E-state index contributed by atoms with van der Waals surface area (Å²) < 4.78 is 3.67. The maximum atomic E-state index is 12.7. The van der Waals surface area contributed by atoms with Gasteiger partial charge in [0.15, 0.2) is 11.3 Å². The molecule has 1 aliphatic rings. The van der Waals surface area contributed by atoms with Crippen LogP contribution >= 0.6 is 0 Å². The first-order valence-electron chi connectivity index (χ1n) is 9.43. The van der Waals surface area contributed by atoms with E-state index in [9.17, 15) is 4.79 Å². The predicted molar refractivity (Wildman–Crippen MR) is 103 cm³/mol. The topological polar surface area (TPSA) is 80.3 Å². The lowest BCUT2D eigenvalue weighted by atomic mass is 10.1. The fraction of sp³-hybridized carbons (Fsp3) is 0.474. The van der Waals surface area contributed by atoms with E-state index in [0.717, 1.165) is 49.4 Å². The average molecular weight is 367 g/mol. The number of carbonyl (C=O) groups is 1. The number of likely N-dealkylation sites (tertiary alicyclic amines) is 1. The van der Waals surface area contributed by atoms with Crippen LogP contribution in [0.25, 0.3) is 16.9 Å². The zero-order valence-electron chi connectivity index (χ0n) is 16.0. The van der Waals surface area contributed by atoms with E-state index in [1.165, 1.54) is 0 Å². The van der Waals surface area contributed by atoms with Gasteiger partial charge >= 0.3 is 0 Å². The average Bonchev–Trinajstić information content (AvgIpc) is 3.27. The molecule has 4 heterocycles. The third-order valence-electron chi connectivity index (χ3n) is 5.32. The van der Waals surface area contributed by atoms with Crippen LogP contribution in [0.1, 0.15) is 35.9 Å². The summed E-state index contributed by atoms with van der Waals surface area (Å²) in [5.41, 5.74) is 4.00. The van der Waals surface area contributed by atoms with Gasteiger partial charge in [-0.05, 0) is 52.9 Å². The summed E-state index contributed by atoms with van der Waals surface area (Å²) in [6.07, 6.45) is 5.52. The Morgan fingerprint density at radius 1 is 1.33 bits per heavy atom. The molecule has 1 saturated heterocycles. The van der Waals surface area contributed by atoms with Crippen molar-refractivity contribution in [2.45, 2.75) is 39.3 Å². The number of hydrogen-bond donors (Lipinski definition) is 1. The molecular formula is C19H25N7O. The van der Waals surface area contributed by atoms with E-state index in [2.05, 4.69) is 39.4 Å². The quantitative estimate of drug-likeness (QED) is 0.760. The Bertz CT molecular complexity index is 966. The summed E-state index contributed by atoms with van der Waals surface area (Å²) in [7, 11) is 2.11. The van der Waals surface area contributed by atoms with Crippen LogP contribution in [0.3, 0.4) is 0 Å². The van der Waals surface area contributed by atoms with Crippen LogP contribution in [-0.2, 0) is 6.54 Å². The minimum absolute atomic E-state index is 0.137. The van der Waals surface area contributed by atoms with Crippen LogP contribution < -0.4 is 5.32 Å². The number of hydrogen-bond acceptors (Lipinski definition) is 5. The molecule has 1 amide bonds. The Hall–Kier alpha value is -2.74. The van der Waals surface area contributed by atoms with Crippen molar-refractivity contribution in [1.29, 1.82) is 0 Å². The highest BCUT2D eigenvalue weighted by molar-refractivity contribution is 5.93. The van der Waals surface area contributed by atoms with Crippen LogP contribution in [-0.4, -0.2) is 61.4 Å². The first-order valence-corrected chi connectivity index (χ1v) is 9.43. The Labute approximate surface area is 158 Å². The van der Waals surface area contributed by atoms with Crippen molar-refractivity contribution in [3.63, 3.8) is 0 Å². The molecule has 0 aromatic carbocycles. The second kappa shape index (κ2) is 7.11. The second-order valence-corrected chi connectivity index (χ2v) is 7.14. The summed E-state index contributed by atoms with van der Waals surface area (Å²) in [5, 5.41) is 12.1. The number of nitrogens with one attached hydrogen (secondary N) is 1. The fourth-order valence-corrected chi connectivity index (χ4v) is 3.64. The Morgan fingerprint density at radius 3 is 2.81 bits per heavy atom. The lowest BCUT2D eigenvalue weighted by Crippen LogP contribution is -2.43. The normalized spacial score (nSPS) is 16.1. The van der Waals surface area contributed by atoms with E-state index in [4.69, 9.17) is 0 Å². The van der Waals surface area contributed by atoms with Gasteiger partial charge in [-0.25, -0.2) is 9.50 Å². The molecule has 142 valence electrons. The molecule has 1 aliphatic heterocycles. The zero-order chi connectivity index (χ0) is 19.0. The molecule has 0 unspecified atom stereocenters. The molecule has 3 aromatic heterocycles. The summed E-state index contributed by atoms with van der Waals surface area (Å²) in [6.45, 7) is 6.91. The largest absolute Gasteiger partial charge is 0.348 e. The number of nitrogens with zero attached hydrogens (tertiary/aromatic N) is 6. The van der Waals surface area contributed by atoms with Gasteiger partial charge < -0.3 is 10.2 Å². The number of carbonyl (C=O) groups excluding carboxylic acids is 1. The molecule has 0 saturated carbocycles. The maximum Gasteiger partial charge on any atom is 0.272 e. The monoisotopic (exact) mass is 367 g/mol. The number of aryl methyl sites for hydroxylation is 1. The molecule has 0 bridgehead atoms. The van der Waals surface area contributed by atoms with Gasteiger partial charge in [-0.15, -0.1) is 0 Å². The number of aromatic nitrogens is 5. The van der Waals surface area contributed by atoms with Crippen LogP contribution in [0.2, 0.25) is 0 Å². The number of amides is 1. The van der Waals surface area contributed by atoms with Gasteiger partial charge in [-0.3, -0.25) is 9.48 Å². The van der Waals surface area contributed by atoms with E-state index >= 15 is 0 Å². The smallest absolute Gasteiger partial charge is 0.272 e. The highest BCUT2D eigenvalue weighted by atomic mass is 16.2. The Kier molecular flexibility index (Phi) is 4.65. The van der Waals surface area contributed by atoms with Gasteiger partial charge in [0.2, 0.25) is 0 Å². The first kappa shape index (κ1) is 17.7. The molecule has 3 aromatic rings. The van der Waals surface area contributed by atoms with Crippen molar-refractivity contribution in [1.82, 2.24) is 34.6 Å². The number of rotatable bonds is 4. The van der Waals surface area contributed by atoms with Crippen LogP contribution in [0.15, 0.2) is 24.5 Å². The molecule has 27 heavy (non-hydrogen) atoms. The second-order valence-electron chi connectivity index (χ2n) is 7.14. The minimum atomic E-state index is -0.137. The summed E-state index contributed by atoms with van der Waals surface area (Å²) >= 11 is 0. The fourth-order valence-electron chi connectivity index (χ4n) is 3.64. The molecule has 1 fully saturated rings. The molecule has 0 atom stereocenters. The lowest BCUT2D eigenvalue weighted by molar-refractivity contribution is 0.0911. The number of fused-ring (bicyclic) bond motifs is 1. The van der Waals surface area contributed by atoms with Crippen LogP contribution in [0.4, 0.5) is 0 Å².